The quantitative estimate of drug-likeness (QED) is 0.674. The molecule has 26 heavy (non-hydrogen) atoms. The Balaban J connectivity index is 1.96. The van der Waals surface area contributed by atoms with Gasteiger partial charge in [-0.1, -0.05) is 42.5 Å². The number of primary amides is 1. The van der Waals surface area contributed by atoms with Crippen LogP contribution in [-0.4, -0.2) is 27.3 Å². The van der Waals surface area contributed by atoms with Crippen LogP contribution in [0.2, 0.25) is 0 Å². The lowest BCUT2D eigenvalue weighted by Gasteiger charge is -2.15. The maximum absolute atomic E-state index is 12.0. The molecule has 0 aliphatic carbocycles. The summed E-state index contributed by atoms with van der Waals surface area (Å²) in [6.45, 7) is 0. The third-order valence-electron chi connectivity index (χ3n) is 3.73. The highest BCUT2D eigenvalue weighted by atomic mass is 32.2. The summed E-state index contributed by atoms with van der Waals surface area (Å²) >= 11 is 0. The summed E-state index contributed by atoms with van der Waals surface area (Å²) in [7, 11) is -2.16. The molecule has 3 N–H and O–H groups in total. The van der Waals surface area contributed by atoms with Crippen LogP contribution in [0, 0.1) is 0 Å². The van der Waals surface area contributed by atoms with Crippen molar-refractivity contribution in [3.8, 4) is 0 Å². The SMILES string of the molecule is CNS(=O)(=O)c1ccc(CCC(=O)OC(C(N)=O)c2ccccc2)cc1. The van der Waals surface area contributed by atoms with Crippen LogP contribution < -0.4 is 10.5 Å². The number of aryl methyl sites for hydroxylation is 1. The highest BCUT2D eigenvalue weighted by molar-refractivity contribution is 7.89. The van der Waals surface area contributed by atoms with Crippen LogP contribution >= 0.6 is 0 Å². The number of nitrogens with two attached hydrogens (primary N) is 1. The number of esters is 1. The Morgan fingerprint density at radius 3 is 2.23 bits per heavy atom. The number of ether oxygens (including phenoxy) is 1. The van der Waals surface area contributed by atoms with E-state index in [0.29, 0.717) is 12.0 Å². The Labute approximate surface area is 152 Å². The van der Waals surface area contributed by atoms with Crippen molar-refractivity contribution in [2.75, 3.05) is 7.05 Å². The minimum absolute atomic E-state index is 0.0364. The molecule has 7 nitrogen and oxygen atoms in total. The molecule has 0 fully saturated rings. The minimum Gasteiger partial charge on any atom is -0.447 e. The van der Waals surface area contributed by atoms with E-state index in [1.54, 1.807) is 42.5 Å². The van der Waals surface area contributed by atoms with Gasteiger partial charge in [-0.25, -0.2) is 13.1 Å². The number of benzene rings is 2. The lowest BCUT2D eigenvalue weighted by atomic mass is 10.1. The lowest BCUT2D eigenvalue weighted by Crippen LogP contribution is -2.26. The molecule has 0 aliphatic rings. The monoisotopic (exact) mass is 376 g/mol. The van der Waals surface area contributed by atoms with Gasteiger partial charge in [0.25, 0.3) is 5.91 Å². The first kappa shape index (κ1) is 19.6. The van der Waals surface area contributed by atoms with E-state index in [-0.39, 0.29) is 11.3 Å². The van der Waals surface area contributed by atoms with E-state index < -0.39 is 28.0 Å². The van der Waals surface area contributed by atoms with Crippen LogP contribution in [-0.2, 0) is 30.8 Å². The Hall–Kier alpha value is -2.71. The molecule has 1 unspecified atom stereocenters. The molecular weight excluding hydrogens is 356 g/mol. The molecule has 0 radical (unpaired) electrons. The van der Waals surface area contributed by atoms with Crippen molar-refractivity contribution >= 4 is 21.9 Å². The van der Waals surface area contributed by atoms with Crippen LogP contribution in [0.15, 0.2) is 59.5 Å². The first-order chi connectivity index (χ1) is 12.3. The summed E-state index contributed by atoms with van der Waals surface area (Å²) in [6.07, 6.45) is -0.750. The number of carbonyl (C=O) groups excluding carboxylic acids is 2. The van der Waals surface area contributed by atoms with Crippen molar-refractivity contribution in [3.05, 3.63) is 65.7 Å². The van der Waals surface area contributed by atoms with Gasteiger partial charge in [0.15, 0.2) is 0 Å². The molecule has 2 aromatic carbocycles. The van der Waals surface area contributed by atoms with Gasteiger partial charge in [0, 0.05) is 12.0 Å². The van der Waals surface area contributed by atoms with Gasteiger partial charge < -0.3 is 10.5 Å². The highest BCUT2D eigenvalue weighted by Gasteiger charge is 2.22. The summed E-state index contributed by atoms with van der Waals surface area (Å²) in [4.78, 5) is 23.7. The van der Waals surface area contributed by atoms with Crippen LogP contribution in [0.25, 0.3) is 0 Å². The zero-order chi connectivity index (χ0) is 19.2. The van der Waals surface area contributed by atoms with E-state index in [2.05, 4.69) is 4.72 Å². The largest absolute Gasteiger partial charge is 0.447 e. The maximum Gasteiger partial charge on any atom is 0.307 e. The summed E-state index contributed by atoms with van der Waals surface area (Å²) in [5, 5.41) is 0. The van der Waals surface area contributed by atoms with Gasteiger partial charge in [0.05, 0.1) is 4.90 Å². The van der Waals surface area contributed by atoms with Gasteiger partial charge in [0.1, 0.15) is 0 Å². The van der Waals surface area contributed by atoms with Crippen molar-refractivity contribution in [1.82, 2.24) is 4.72 Å². The molecule has 1 amide bonds. The molecule has 2 aromatic rings. The molecule has 0 heterocycles. The number of hydrogen-bond acceptors (Lipinski definition) is 5. The van der Waals surface area contributed by atoms with E-state index in [1.165, 1.54) is 19.2 Å². The Morgan fingerprint density at radius 1 is 1.08 bits per heavy atom. The first-order valence-electron chi connectivity index (χ1n) is 7.89. The van der Waals surface area contributed by atoms with Crippen LogP contribution in [0.5, 0.6) is 0 Å². The molecule has 0 spiro atoms. The summed E-state index contributed by atoms with van der Waals surface area (Å²) < 4.78 is 30.8. The number of hydrogen-bond donors (Lipinski definition) is 2. The number of amides is 1. The fourth-order valence-electron chi connectivity index (χ4n) is 2.31. The molecule has 2 rings (SSSR count). The predicted octanol–water partition coefficient (Wildman–Crippen LogP) is 1.30. The molecule has 0 saturated carbocycles. The smallest absolute Gasteiger partial charge is 0.307 e. The van der Waals surface area contributed by atoms with E-state index >= 15 is 0 Å². The summed E-state index contributed by atoms with van der Waals surface area (Å²) in [6, 6.07) is 14.7. The standard InChI is InChI=1S/C18H20N2O5S/c1-20-26(23,24)15-10-7-13(8-11-15)9-12-16(21)25-17(18(19)22)14-5-3-2-4-6-14/h2-8,10-11,17,20H,9,12H2,1H3,(H2,19,22). The first-order valence-corrected chi connectivity index (χ1v) is 9.38. The molecule has 1 atom stereocenters. The zero-order valence-corrected chi connectivity index (χ0v) is 15.0. The number of carbonyl (C=O) groups is 2. The average Bonchev–Trinajstić information content (AvgIpc) is 2.65. The van der Waals surface area contributed by atoms with E-state index in [9.17, 15) is 18.0 Å². The fraction of sp³-hybridized carbons (Fsp3) is 0.222. The maximum atomic E-state index is 12.0. The third kappa shape index (κ3) is 5.14. The van der Waals surface area contributed by atoms with Crippen molar-refractivity contribution in [2.45, 2.75) is 23.8 Å². The zero-order valence-electron chi connectivity index (χ0n) is 14.2. The molecule has 0 saturated heterocycles. The van der Waals surface area contributed by atoms with Gasteiger partial charge in [-0.15, -0.1) is 0 Å². The van der Waals surface area contributed by atoms with E-state index in [0.717, 1.165) is 5.56 Å². The molecule has 138 valence electrons. The predicted molar refractivity (Wildman–Crippen MR) is 95.5 cm³/mol. The van der Waals surface area contributed by atoms with Gasteiger partial charge in [-0.2, -0.15) is 0 Å². The van der Waals surface area contributed by atoms with Crippen LogP contribution in [0.1, 0.15) is 23.7 Å². The Kier molecular flexibility index (Phi) is 6.48. The average molecular weight is 376 g/mol. The van der Waals surface area contributed by atoms with Crippen molar-refractivity contribution < 1.29 is 22.7 Å². The Bertz CT molecular complexity index is 864. The van der Waals surface area contributed by atoms with Gasteiger partial charge in [-0.3, -0.25) is 9.59 Å². The third-order valence-corrected chi connectivity index (χ3v) is 5.16. The number of nitrogens with one attached hydrogen (secondary N) is 1. The van der Waals surface area contributed by atoms with Gasteiger partial charge >= 0.3 is 5.97 Å². The van der Waals surface area contributed by atoms with Crippen LogP contribution in [0.4, 0.5) is 0 Å². The number of rotatable bonds is 8. The second kappa shape index (κ2) is 8.59. The summed E-state index contributed by atoms with van der Waals surface area (Å²) in [5.74, 6) is -1.31. The second-order valence-corrected chi connectivity index (χ2v) is 7.42. The van der Waals surface area contributed by atoms with E-state index in [1.807, 2.05) is 0 Å². The Morgan fingerprint density at radius 2 is 1.69 bits per heavy atom. The normalized spacial score (nSPS) is 12.3. The minimum atomic E-state index is -3.50. The second-order valence-electron chi connectivity index (χ2n) is 5.53. The molecule has 0 aromatic heterocycles. The fourth-order valence-corrected chi connectivity index (χ4v) is 3.04. The van der Waals surface area contributed by atoms with Gasteiger partial charge in [0.2, 0.25) is 16.1 Å². The van der Waals surface area contributed by atoms with Crippen LogP contribution in [0.3, 0.4) is 0 Å². The molecule has 0 bridgehead atoms. The van der Waals surface area contributed by atoms with Crippen molar-refractivity contribution in [3.63, 3.8) is 0 Å². The molecule has 8 heteroatoms. The van der Waals surface area contributed by atoms with E-state index in [4.69, 9.17) is 10.5 Å². The van der Waals surface area contributed by atoms with Crippen molar-refractivity contribution in [1.29, 1.82) is 0 Å². The van der Waals surface area contributed by atoms with Gasteiger partial charge in [-0.05, 0) is 31.2 Å². The number of sulfonamides is 1. The molecule has 0 aliphatic heterocycles. The highest BCUT2D eigenvalue weighted by Crippen LogP contribution is 2.18. The lowest BCUT2D eigenvalue weighted by molar-refractivity contribution is -0.155. The topological polar surface area (TPSA) is 116 Å². The van der Waals surface area contributed by atoms with Crippen molar-refractivity contribution in [2.24, 2.45) is 5.73 Å². The summed E-state index contributed by atoms with van der Waals surface area (Å²) in [5.41, 5.74) is 6.60. The molecular formula is C18H20N2O5S.